The number of nitrogens with two attached hydrogens (primary N) is 2. The van der Waals surface area contributed by atoms with Gasteiger partial charge in [0.25, 0.3) is 5.56 Å². The molecule has 0 aliphatic heterocycles. The van der Waals surface area contributed by atoms with Gasteiger partial charge >= 0.3 is 11.7 Å². The van der Waals surface area contributed by atoms with Crippen LogP contribution in [0.15, 0.2) is 34.5 Å². The Balaban J connectivity index is 0.000000198. The van der Waals surface area contributed by atoms with Crippen molar-refractivity contribution in [3.05, 3.63) is 45.8 Å². The molecule has 26 heavy (non-hydrogen) atoms. The van der Waals surface area contributed by atoms with E-state index in [1.54, 1.807) is 13.8 Å². The number of aliphatic carboxylic acids is 1. The van der Waals surface area contributed by atoms with Crippen LogP contribution in [0.1, 0.15) is 13.8 Å². The van der Waals surface area contributed by atoms with Crippen LogP contribution in [0.3, 0.4) is 0 Å². The number of nitrogens with one attached hydrogen (secondary N) is 3. The SMILES string of the molecule is CC(C)[C@H](N)C(=O)O.Nc1ncnc2nc[nH]c12.O=c1cc[nH]c(=O)[nH]1. The van der Waals surface area contributed by atoms with Gasteiger partial charge in [0.05, 0.1) is 6.33 Å². The first-order valence-corrected chi connectivity index (χ1v) is 7.38. The number of aromatic nitrogens is 6. The Morgan fingerprint density at radius 3 is 2.31 bits per heavy atom. The van der Waals surface area contributed by atoms with Gasteiger partial charge < -0.3 is 26.5 Å². The predicted molar refractivity (Wildman–Crippen MR) is 94.2 cm³/mol. The fourth-order valence-electron chi connectivity index (χ4n) is 1.45. The quantitative estimate of drug-likeness (QED) is 0.330. The third-order valence-corrected chi connectivity index (χ3v) is 2.94. The second kappa shape index (κ2) is 9.68. The van der Waals surface area contributed by atoms with Crippen LogP contribution in [0.4, 0.5) is 5.82 Å². The molecule has 1 atom stereocenters. The minimum Gasteiger partial charge on any atom is -0.480 e. The van der Waals surface area contributed by atoms with E-state index >= 15 is 0 Å². The summed E-state index contributed by atoms with van der Waals surface area (Å²) >= 11 is 0. The molecule has 140 valence electrons. The van der Waals surface area contributed by atoms with Gasteiger partial charge in [0.1, 0.15) is 17.9 Å². The molecule has 3 heterocycles. The van der Waals surface area contributed by atoms with Gasteiger partial charge in [0.15, 0.2) is 11.5 Å². The third kappa shape index (κ3) is 6.52. The molecule has 8 N–H and O–H groups in total. The average molecular weight is 364 g/mol. The maximum Gasteiger partial charge on any atom is 0.325 e. The standard InChI is InChI=1S/C5H5N5.C5H11NO2.C4H4N2O2/c6-4-3-5(9-1-7-3)10-2-8-4;1-3(2)4(6)5(7)8;7-3-1-2-5-4(8)6-3/h1-2H,(H3,6,7,8,9,10);3-4H,6H2,1-2H3,(H,7,8);1-2H,(H2,5,6,7,8)/t;4-;/m.0./s1. The van der Waals surface area contributed by atoms with Gasteiger partial charge in [-0.2, -0.15) is 0 Å². The zero-order valence-corrected chi connectivity index (χ0v) is 14.1. The van der Waals surface area contributed by atoms with E-state index in [2.05, 4.69) is 24.9 Å². The van der Waals surface area contributed by atoms with Gasteiger partial charge in [-0.3, -0.25) is 14.6 Å². The van der Waals surface area contributed by atoms with Crippen molar-refractivity contribution in [2.45, 2.75) is 19.9 Å². The lowest BCUT2D eigenvalue weighted by Crippen LogP contribution is -2.34. The first-order valence-electron chi connectivity index (χ1n) is 7.38. The molecule has 0 amide bonds. The molecule has 0 fully saturated rings. The highest BCUT2D eigenvalue weighted by Gasteiger charge is 2.14. The highest BCUT2D eigenvalue weighted by Crippen LogP contribution is 2.09. The first kappa shape index (κ1) is 20.5. The van der Waals surface area contributed by atoms with E-state index < -0.39 is 17.7 Å². The van der Waals surface area contributed by atoms with Crippen molar-refractivity contribution in [3.63, 3.8) is 0 Å². The summed E-state index contributed by atoms with van der Waals surface area (Å²) < 4.78 is 0. The minimum absolute atomic E-state index is 0.0208. The Kier molecular flexibility index (Phi) is 7.64. The van der Waals surface area contributed by atoms with Crippen LogP contribution < -0.4 is 22.7 Å². The molecule has 3 rings (SSSR count). The lowest BCUT2D eigenvalue weighted by atomic mass is 10.1. The number of hydrogen-bond donors (Lipinski definition) is 6. The van der Waals surface area contributed by atoms with E-state index in [9.17, 15) is 14.4 Å². The van der Waals surface area contributed by atoms with Crippen LogP contribution in [0.25, 0.3) is 11.2 Å². The maximum absolute atomic E-state index is 10.2. The first-order chi connectivity index (χ1) is 12.2. The number of nitrogen functional groups attached to an aromatic ring is 1. The molecule has 0 radical (unpaired) electrons. The fourth-order valence-corrected chi connectivity index (χ4v) is 1.45. The number of hydrogen-bond acceptors (Lipinski definition) is 8. The van der Waals surface area contributed by atoms with Gasteiger partial charge in [0, 0.05) is 12.3 Å². The van der Waals surface area contributed by atoms with Crippen LogP contribution >= 0.6 is 0 Å². The molecule has 0 spiro atoms. The van der Waals surface area contributed by atoms with E-state index in [4.69, 9.17) is 16.6 Å². The third-order valence-electron chi connectivity index (χ3n) is 2.94. The number of H-pyrrole nitrogens is 3. The second-order valence-corrected chi connectivity index (χ2v) is 5.26. The summed E-state index contributed by atoms with van der Waals surface area (Å²) in [4.78, 5) is 49.0. The van der Waals surface area contributed by atoms with Gasteiger partial charge in [-0.25, -0.2) is 19.7 Å². The van der Waals surface area contributed by atoms with Crippen molar-refractivity contribution in [1.29, 1.82) is 0 Å². The molecule has 0 bridgehead atoms. The van der Waals surface area contributed by atoms with Gasteiger partial charge in [0.2, 0.25) is 0 Å². The average Bonchev–Trinajstić information content (AvgIpc) is 3.05. The molecule has 12 nitrogen and oxygen atoms in total. The van der Waals surface area contributed by atoms with E-state index in [1.807, 2.05) is 4.98 Å². The molecular formula is C14H20N8O4. The maximum atomic E-state index is 10.2. The lowest BCUT2D eigenvalue weighted by molar-refractivity contribution is -0.139. The minimum atomic E-state index is -0.931. The van der Waals surface area contributed by atoms with E-state index in [1.165, 1.54) is 24.9 Å². The van der Waals surface area contributed by atoms with Crippen molar-refractivity contribution >= 4 is 23.0 Å². The topological polar surface area (TPSA) is 210 Å². The molecule has 0 aliphatic rings. The summed E-state index contributed by atoms with van der Waals surface area (Å²) in [6.07, 6.45) is 4.22. The van der Waals surface area contributed by atoms with Gasteiger partial charge in [-0.1, -0.05) is 13.8 Å². The Morgan fingerprint density at radius 2 is 1.88 bits per heavy atom. The molecular weight excluding hydrogens is 344 g/mol. The zero-order valence-electron chi connectivity index (χ0n) is 14.1. The van der Waals surface area contributed by atoms with E-state index in [0.29, 0.717) is 17.0 Å². The number of imidazole rings is 1. The number of nitrogens with zero attached hydrogens (tertiary/aromatic N) is 3. The van der Waals surface area contributed by atoms with Crippen LogP contribution in [0, 0.1) is 5.92 Å². The van der Waals surface area contributed by atoms with E-state index in [0.717, 1.165) is 0 Å². The van der Waals surface area contributed by atoms with Gasteiger partial charge in [-0.15, -0.1) is 0 Å². The normalized spacial score (nSPS) is 11.1. The summed E-state index contributed by atoms with van der Waals surface area (Å²) in [7, 11) is 0. The molecule has 12 heteroatoms. The summed E-state index contributed by atoms with van der Waals surface area (Å²) in [6, 6.07) is 0.525. The van der Waals surface area contributed by atoms with Crippen molar-refractivity contribution < 1.29 is 9.90 Å². The van der Waals surface area contributed by atoms with Crippen molar-refractivity contribution in [1.82, 2.24) is 29.9 Å². The number of carboxylic acid groups (broad SMARTS) is 1. The van der Waals surface area contributed by atoms with Crippen LogP contribution in [0.2, 0.25) is 0 Å². The summed E-state index contributed by atoms with van der Waals surface area (Å²) in [5, 5.41) is 8.23. The summed E-state index contributed by atoms with van der Waals surface area (Å²) in [5.74, 6) is -0.477. The summed E-state index contributed by atoms with van der Waals surface area (Å²) in [6.45, 7) is 3.55. The number of carboxylic acids is 1. The summed E-state index contributed by atoms with van der Waals surface area (Å²) in [5.41, 5.74) is 11.1. The van der Waals surface area contributed by atoms with Crippen molar-refractivity contribution in [2.75, 3.05) is 5.73 Å². The van der Waals surface area contributed by atoms with Crippen molar-refractivity contribution in [3.8, 4) is 0 Å². The Bertz CT molecular complexity index is 920. The molecule has 0 saturated heterocycles. The number of aromatic amines is 3. The molecule has 3 aromatic heterocycles. The van der Waals surface area contributed by atoms with E-state index in [-0.39, 0.29) is 11.5 Å². The molecule has 0 aromatic carbocycles. The Morgan fingerprint density at radius 1 is 1.19 bits per heavy atom. The second-order valence-electron chi connectivity index (χ2n) is 5.26. The molecule has 0 saturated carbocycles. The van der Waals surface area contributed by atoms with Crippen molar-refractivity contribution in [2.24, 2.45) is 11.7 Å². The highest BCUT2D eigenvalue weighted by atomic mass is 16.4. The number of anilines is 1. The van der Waals surface area contributed by atoms with Crippen LogP contribution in [-0.2, 0) is 4.79 Å². The van der Waals surface area contributed by atoms with Crippen LogP contribution in [0.5, 0.6) is 0 Å². The molecule has 0 unspecified atom stereocenters. The number of rotatable bonds is 2. The monoisotopic (exact) mass is 364 g/mol. The zero-order chi connectivity index (χ0) is 19.7. The lowest BCUT2D eigenvalue weighted by Gasteiger charge is -2.07. The highest BCUT2D eigenvalue weighted by molar-refractivity contribution is 5.80. The molecule has 0 aliphatic carbocycles. The smallest absolute Gasteiger partial charge is 0.325 e. The number of fused-ring (bicyclic) bond motifs is 1. The fraction of sp³-hybridized carbons (Fsp3) is 0.286. The largest absolute Gasteiger partial charge is 0.480 e. The van der Waals surface area contributed by atoms with Crippen LogP contribution in [-0.4, -0.2) is 47.0 Å². The van der Waals surface area contributed by atoms with Gasteiger partial charge in [-0.05, 0) is 5.92 Å². The number of carbonyl (C=O) groups is 1. The Hall–Kier alpha value is -3.54. The predicted octanol–water partition coefficient (Wildman–Crippen LogP) is -0.947. The molecule has 3 aromatic rings. The Labute approximate surface area is 146 Å².